The lowest BCUT2D eigenvalue weighted by molar-refractivity contribution is -0.143. The number of halogens is 3. The summed E-state index contributed by atoms with van der Waals surface area (Å²) in [6.45, 7) is 1.66. The minimum atomic E-state index is -4.55. The predicted molar refractivity (Wildman–Crippen MR) is 106 cm³/mol. The fraction of sp³-hybridized carbons (Fsp3) is 0.526. The van der Waals surface area contributed by atoms with Gasteiger partial charge in [0.1, 0.15) is 10.8 Å². The molecule has 0 unspecified atom stereocenters. The maximum Gasteiger partial charge on any atom is 0.434 e. The largest absolute Gasteiger partial charge is 0.434 e. The van der Waals surface area contributed by atoms with Crippen molar-refractivity contribution < 1.29 is 13.2 Å². The average molecular weight is 424 g/mol. The zero-order chi connectivity index (χ0) is 20.6. The van der Waals surface area contributed by atoms with Crippen LogP contribution in [-0.4, -0.2) is 34.1 Å². The maximum absolute atomic E-state index is 13.2. The Morgan fingerprint density at radius 2 is 1.93 bits per heavy atom. The molecule has 1 aliphatic carbocycles. The van der Waals surface area contributed by atoms with E-state index in [0.29, 0.717) is 5.82 Å². The molecule has 1 saturated carbocycles. The summed E-state index contributed by atoms with van der Waals surface area (Å²) in [4.78, 5) is 14.2. The molecule has 156 valence electrons. The Morgan fingerprint density at radius 3 is 2.55 bits per heavy atom. The van der Waals surface area contributed by atoms with Crippen molar-refractivity contribution in [2.75, 3.05) is 23.7 Å². The Balaban J connectivity index is 1.48. The van der Waals surface area contributed by atoms with Gasteiger partial charge in [-0.15, -0.1) is 0 Å². The molecule has 6 nitrogen and oxygen atoms in total. The zero-order valence-corrected chi connectivity index (χ0v) is 16.6. The SMILES string of the molecule is Nc1nc(N2CCC3(CCC[C@H]3N)CC2)cnc1Sc1cccnc1C(F)(F)F. The van der Waals surface area contributed by atoms with Gasteiger partial charge in [0.2, 0.25) is 0 Å². The monoisotopic (exact) mass is 424 g/mol. The van der Waals surface area contributed by atoms with Gasteiger partial charge in [-0.05, 0) is 43.2 Å². The van der Waals surface area contributed by atoms with E-state index in [1.54, 1.807) is 6.20 Å². The minimum absolute atomic E-state index is 0.0520. The molecule has 0 bridgehead atoms. The van der Waals surface area contributed by atoms with Crippen molar-refractivity contribution in [2.24, 2.45) is 11.1 Å². The molecule has 1 saturated heterocycles. The highest BCUT2D eigenvalue weighted by atomic mass is 32.2. The van der Waals surface area contributed by atoms with Crippen LogP contribution < -0.4 is 16.4 Å². The summed E-state index contributed by atoms with van der Waals surface area (Å²) >= 11 is 0.822. The van der Waals surface area contributed by atoms with Crippen molar-refractivity contribution in [1.82, 2.24) is 15.0 Å². The number of piperidine rings is 1. The number of hydrogen-bond donors (Lipinski definition) is 2. The van der Waals surface area contributed by atoms with E-state index >= 15 is 0 Å². The average Bonchev–Trinajstić information content (AvgIpc) is 3.03. The van der Waals surface area contributed by atoms with E-state index in [1.165, 1.54) is 25.0 Å². The summed E-state index contributed by atoms with van der Waals surface area (Å²) in [5.41, 5.74) is 11.6. The van der Waals surface area contributed by atoms with Gasteiger partial charge in [-0.3, -0.25) is 4.98 Å². The van der Waals surface area contributed by atoms with Crippen LogP contribution in [0.5, 0.6) is 0 Å². The van der Waals surface area contributed by atoms with Gasteiger partial charge >= 0.3 is 6.18 Å². The first-order chi connectivity index (χ1) is 13.8. The molecule has 2 fully saturated rings. The van der Waals surface area contributed by atoms with Crippen molar-refractivity contribution in [1.29, 1.82) is 0 Å². The number of rotatable bonds is 3. The third-order valence-electron chi connectivity index (χ3n) is 6.06. The van der Waals surface area contributed by atoms with Gasteiger partial charge in [-0.1, -0.05) is 18.2 Å². The highest BCUT2D eigenvalue weighted by Gasteiger charge is 2.43. The number of nitrogens with zero attached hydrogens (tertiary/aromatic N) is 4. The summed E-state index contributed by atoms with van der Waals surface area (Å²) in [6.07, 6.45) is 3.63. The summed E-state index contributed by atoms with van der Waals surface area (Å²) in [5, 5.41) is 0.235. The minimum Gasteiger partial charge on any atom is -0.381 e. The van der Waals surface area contributed by atoms with Crippen molar-refractivity contribution in [2.45, 2.75) is 54.2 Å². The van der Waals surface area contributed by atoms with Gasteiger partial charge in [-0.2, -0.15) is 13.2 Å². The van der Waals surface area contributed by atoms with Crippen LogP contribution in [0, 0.1) is 5.41 Å². The lowest BCUT2D eigenvalue weighted by Gasteiger charge is -2.42. The quantitative estimate of drug-likeness (QED) is 0.775. The fourth-order valence-electron chi connectivity index (χ4n) is 4.37. The van der Waals surface area contributed by atoms with E-state index in [0.717, 1.165) is 50.3 Å². The van der Waals surface area contributed by atoms with Crippen LogP contribution in [0.25, 0.3) is 0 Å². The second-order valence-corrected chi connectivity index (χ2v) is 8.75. The molecular weight excluding hydrogens is 401 g/mol. The zero-order valence-electron chi connectivity index (χ0n) is 15.8. The molecule has 1 atom stereocenters. The summed E-state index contributed by atoms with van der Waals surface area (Å²) in [5.74, 6) is 0.762. The van der Waals surface area contributed by atoms with Crippen LogP contribution in [0.15, 0.2) is 34.4 Å². The molecule has 0 amide bonds. The van der Waals surface area contributed by atoms with Crippen molar-refractivity contribution >= 4 is 23.4 Å². The van der Waals surface area contributed by atoms with Gasteiger partial charge in [0.05, 0.1) is 6.20 Å². The van der Waals surface area contributed by atoms with E-state index in [-0.39, 0.29) is 27.2 Å². The highest BCUT2D eigenvalue weighted by Crippen LogP contribution is 2.46. The van der Waals surface area contributed by atoms with Gasteiger partial charge in [0.25, 0.3) is 0 Å². The normalized spacial score (nSPS) is 21.7. The number of nitrogens with two attached hydrogens (primary N) is 2. The fourth-order valence-corrected chi connectivity index (χ4v) is 5.25. The highest BCUT2D eigenvalue weighted by molar-refractivity contribution is 7.99. The second kappa shape index (κ2) is 7.64. The molecule has 4 N–H and O–H groups in total. The van der Waals surface area contributed by atoms with Crippen molar-refractivity contribution in [3.63, 3.8) is 0 Å². The molecule has 2 aromatic heterocycles. The predicted octanol–water partition coefficient (Wildman–Crippen LogP) is 3.72. The lowest BCUT2D eigenvalue weighted by atomic mass is 9.74. The number of alkyl halides is 3. The molecule has 2 aromatic rings. The van der Waals surface area contributed by atoms with Crippen LogP contribution in [0.1, 0.15) is 37.8 Å². The van der Waals surface area contributed by atoms with Gasteiger partial charge < -0.3 is 16.4 Å². The van der Waals surface area contributed by atoms with E-state index in [2.05, 4.69) is 19.9 Å². The van der Waals surface area contributed by atoms with E-state index in [9.17, 15) is 13.2 Å². The number of nitrogen functional groups attached to an aromatic ring is 1. The second-order valence-electron chi connectivity index (χ2n) is 7.72. The molecule has 10 heteroatoms. The van der Waals surface area contributed by atoms with Crippen LogP contribution in [0.3, 0.4) is 0 Å². The molecule has 0 aromatic carbocycles. The first kappa shape index (κ1) is 20.2. The van der Waals surface area contributed by atoms with Crippen LogP contribution in [-0.2, 0) is 6.18 Å². The van der Waals surface area contributed by atoms with Crippen LogP contribution in [0.2, 0.25) is 0 Å². The van der Waals surface area contributed by atoms with E-state index in [4.69, 9.17) is 11.5 Å². The Morgan fingerprint density at radius 1 is 1.17 bits per heavy atom. The first-order valence-corrected chi connectivity index (χ1v) is 10.4. The topological polar surface area (TPSA) is 94.0 Å². The standard InChI is InChI=1S/C19H23F3N6S/c20-19(21,22)15-12(3-2-8-25-15)29-17-16(24)27-14(11-26-17)28-9-6-18(7-10-28)5-1-4-13(18)23/h2-3,8,11,13H,1,4-7,9-10,23H2,(H2,24,27)/t13-/m1/s1. The molecule has 29 heavy (non-hydrogen) atoms. The van der Waals surface area contributed by atoms with Gasteiger partial charge in [0.15, 0.2) is 11.5 Å². The van der Waals surface area contributed by atoms with Gasteiger partial charge in [-0.25, -0.2) is 9.97 Å². The number of aromatic nitrogens is 3. The van der Waals surface area contributed by atoms with Crippen LogP contribution >= 0.6 is 11.8 Å². The number of anilines is 2. The van der Waals surface area contributed by atoms with E-state index < -0.39 is 11.9 Å². The molecule has 0 radical (unpaired) electrons. The first-order valence-electron chi connectivity index (χ1n) is 9.62. The van der Waals surface area contributed by atoms with Crippen molar-refractivity contribution in [3.05, 3.63) is 30.2 Å². The third kappa shape index (κ3) is 4.00. The Kier molecular flexibility index (Phi) is 5.32. The van der Waals surface area contributed by atoms with Gasteiger partial charge in [0, 0.05) is 30.2 Å². The molecular formula is C19H23F3N6S. The van der Waals surface area contributed by atoms with Crippen molar-refractivity contribution in [3.8, 4) is 0 Å². The molecule has 2 aliphatic rings. The summed E-state index contributed by atoms with van der Waals surface area (Å²) in [7, 11) is 0. The third-order valence-corrected chi connectivity index (χ3v) is 7.11. The number of hydrogen-bond acceptors (Lipinski definition) is 7. The Labute approximate surface area is 171 Å². The van der Waals surface area contributed by atoms with E-state index in [1.807, 2.05) is 0 Å². The Bertz CT molecular complexity index is 882. The lowest BCUT2D eigenvalue weighted by Crippen LogP contribution is -2.47. The molecule has 1 spiro atoms. The molecule has 3 heterocycles. The summed E-state index contributed by atoms with van der Waals surface area (Å²) < 4.78 is 39.5. The smallest absolute Gasteiger partial charge is 0.381 e. The molecule has 1 aliphatic heterocycles. The maximum atomic E-state index is 13.2. The number of pyridine rings is 1. The van der Waals surface area contributed by atoms with Crippen LogP contribution in [0.4, 0.5) is 24.8 Å². The summed E-state index contributed by atoms with van der Waals surface area (Å²) in [6, 6.07) is 3.07. The Hall–Kier alpha value is -2.07. The molecule has 4 rings (SSSR count).